The zero-order valence-corrected chi connectivity index (χ0v) is 26.2. The first-order valence-electron chi connectivity index (χ1n) is 13.6. The van der Waals surface area contributed by atoms with Crippen molar-refractivity contribution in [3.05, 3.63) is 42.0 Å². The molecule has 1 rings (SSSR count). The molecule has 0 heterocycles. The van der Waals surface area contributed by atoms with Gasteiger partial charge in [-0.05, 0) is 37.0 Å². The standard InChI is InChI=1S/C29H49N3O6Si/c1-10-11-21-37-27(36)30-24(18-17-23-15-13-12-14-16-23)29(25(34)19-20-33,31-26(35)32(6)7)22(2)38-39(8,9)28(3,4)5/h12-18,22,24,33H,10-11,19-21H2,1-9H3,(H,30,36)(H,31,35)/b18-17+/t22-,24+,29-/m0/s1. The molecule has 3 N–H and O–H groups in total. The van der Waals surface area contributed by atoms with Crippen LogP contribution in [0.2, 0.25) is 18.1 Å². The fourth-order valence-electron chi connectivity index (χ4n) is 3.77. The first kappa shape index (κ1) is 34.3. The predicted octanol–water partition coefficient (Wildman–Crippen LogP) is 4.97. The van der Waals surface area contributed by atoms with E-state index in [0.29, 0.717) is 6.42 Å². The summed E-state index contributed by atoms with van der Waals surface area (Å²) in [6, 6.07) is 7.82. The summed E-state index contributed by atoms with van der Waals surface area (Å²) in [6.07, 6.45) is 3.15. The SMILES string of the molecule is CCCCOC(=O)N[C@H](/C=C/c1ccccc1)[C@](NC(=O)N(C)C)(C(=O)CCO)[C@H](C)O[Si](C)(C)C(C)(C)C. The van der Waals surface area contributed by atoms with Gasteiger partial charge >= 0.3 is 12.1 Å². The van der Waals surface area contributed by atoms with Crippen molar-refractivity contribution in [2.45, 2.75) is 89.7 Å². The molecule has 0 aromatic heterocycles. The first-order chi connectivity index (χ1) is 18.1. The van der Waals surface area contributed by atoms with Crippen LogP contribution in [0.3, 0.4) is 0 Å². The van der Waals surface area contributed by atoms with Crippen molar-refractivity contribution in [2.24, 2.45) is 0 Å². The number of benzene rings is 1. The van der Waals surface area contributed by atoms with Crippen molar-refractivity contribution in [3.63, 3.8) is 0 Å². The largest absolute Gasteiger partial charge is 0.450 e. The summed E-state index contributed by atoms with van der Waals surface area (Å²) in [6.45, 7) is 13.9. The van der Waals surface area contributed by atoms with Crippen molar-refractivity contribution < 1.29 is 28.7 Å². The summed E-state index contributed by atoms with van der Waals surface area (Å²) < 4.78 is 12.1. The summed E-state index contributed by atoms with van der Waals surface area (Å²) in [5.41, 5.74) is -0.918. The van der Waals surface area contributed by atoms with Gasteiger partial charge < -0.3 is 29.8 Å². The lowest BCUT2D eigenvalue weighted by molar-refractivity contribution is -0.130. The molecule has 39 heavy (non-hydrogen) atoms. The molecule has 0 aliphatic heterocycles. The highest BCUT2D eigenvalue weighted by Gasteiger charge is 2.54. The summed E-state index contributed by atoms with van der Waals surface area (Å²) in [4.78, 5) is 41.5. The van der Waals surface area contributed by atoms with Gasteiger partial charge in [-0.1, -0.05) is 76.6 Å². The average Bonchev–Trinajstić information content (AvgIpc) is 2.84. The molecule has 10 heteroatoms. The molecule has 3 amide bonds. The van der Waals surface area contributed by atoms with Crippen LogP contribution in [0.15, 0.2) is 36.4 Å². The number of nitrogens with one attached hydrogen (secondary N) is 2. The average molecular weight is 564 g/mol. The summed E-state index contributed by atoms with van der Waals surface area (Å²) >= 11 is 0. The van der Waals surface area contributed by atoms with Gasteiger partial charge in [0.25, 0.3) is 0 Å². The Bertz CT molecular complexity index is 962. The van der Waals surface area contributed by atoms with Crippen molar-refractivity contribution in [2.75, 3.05) is 27.3 Å². The molecule has 0 aliphatic rings. The van der Waals surface area contributed by atoms with Crippen LogP contribution in [0, 0.1) is 0 Å². The molecule has 9 nitrogen and oxygen atoms in total. The first-order valence-corrected chi connectivity index (χ1v) is 16.5. The van der Waals surface area contributed by atoms with E-state index in [4.69, 9.17) is 9.16 Å². The third-order valence-corrected chi connectivity index (χ3v) is 11.8. The number of ether oxygens (including phenoxy) is 1. The van der Waals surface area contributed by atoms with Gasteiger partial charge in [0.15, 0.2) is 14.1 Å². The number of amides is 3. The number of rotatable bonds is 14. The monoisotopic (exact) mass is 563 g/mol. The van der Waals surface area contributed by atoms with Gasteiger partial charge in [-0.15, -0.1) is 0 Å². The number of ketones is 1. The highest BCUT2D eigenvalue weighted by molar-refractivity contribution is 6.74. The molecule has 0 bridgehead atoms. The number of aliphatic hydroxyl groups is 1. The van der Waals surface area contributed by atoms with E-state index >= 15 is 0 Å². The minimum Gasteiger partial charge on any atom is -0.450 e. The molecular formula is C29H49N3O6Si. The highest BCUT2D eigenvalue weighted by atomic mass is 28.4. The normalized spacial score (nSPS) is 15.2. The quantitative estimate of drug-likeness (QED) is 0.217. The van der Waals surface area contributed by atoms with Crippen LogP contribution in [-0.4, -0.2) is 81.2 Å². The smallest absolute Gasteiger partial charge is 0.407 e. The molecule has 220 valence electrons. The molecular weight excluding hydrogens is 514 g/mol. The maximum atomic E-state index is 14.0. The number of hydrogen-bond acceptors (Lipinski definition) is 6. The lowest BCUT2D eigenvalue weighted by atomic mass is 9.79. The Labute approximate surface area is 235 Å². The van der Waals surface area contributed by atoms with Crippen LogP contribution in [0.5, 0.6) is 0 Å². The maximum Gasteiger partial charge on any atom is 0.407 e. The molecule has 3 atom stereocenters. The number of aliphatic hydroxyl groups excluding tert-OH is 1. The zero-order chi connectivity index (χ0) is 29.9. The van der Waals surface area contributed by atoms with Gasteiger partial charge in [0.05, 0.1) is 25.4 Å². The van der Waals surface area contributed by atoms with Crippen LogP contribution in [0.4, 0.5) is 9.59 Å². The van der Waals surface area contributed by atoms with E-state index in [-0.39, 0.29) is 18.1 Å². The van der Waals surface area contributed by atoms with Gasteiger partial charge in [-0.2, -0.15) is 0 Å². The molecule has 0 unspecified atom stereocenters. The number of nitrogens with zero attached hydrogens (tertiary/aromatic N) is 1. The van der Waals surface area contributed by atoms with Crippen LogP contribution >= 0.6 is 0 Å². The third-order valence-electron chi connectivity index (χ3n) is 7.21. The lowest BCUT2D eigenvalue weighted by Crippen LogP contribution is -2.73. The number of Topliss-reactive ketones (excluding diaryl/α,β-unsaturated/α-hetero) is 1. The van der Waals surface area contributed by atoms with Gasteiger partial charge in [0.2, 0.25) is 0 Å². The van der Waals surface area contributed by atoms with Gasteiger partial charge in [-0.25, -0.2) is 9.59 Å². The van der Waals surface area contributed by atoms with E-state index < -0.39 is 50.5 Å². The van der Waals surface area contributed by atoms with Gasteiger partial charge in [0.1, 0.15) is 5.54 Å². The minimum absolute atomic E-state index is 0.194. The summed E-state index contributed by atoms with van der Waals surface area (Å²) in [5, 5.41) is 15.3. The van der Waals surface area contributed by atoms with Crippen LogP contribution in [0.1, 0.15) is 59.4 Å². The fourth-order valence-corrected chi connectivity index (χ4v) is 5.20. The third kappa shape index (κ3) is 9.77. The highest BCUT2D eigenvalue weighted by Crippen LogP contribution is 2.39. The van der Waals surface area contributed by atoms with Crippen molar-refractivity contribution in [1.82, 2.24) is 15.5 Å². The Morgan fingerprint density at radius 2 is 1.74 bits per heavy atom. The van der Waals surface area contributed by atoms with E-state index in [1.54, 1.807) is 33.2 Å². The van der Waals surface area contributed by atoms with Crippen LogP contribution in [0.25, 0.3) is 6.08 Å². The Morgan fingerprint density at radius 3 is 2.26 bits per heavy atom. The number of urea groups is 1. The Hall–Kier alpha value is -2.69. The molecule has 0 radical (unpaired) electrons. The number of unbranched alkanes of at least 4 members (excludes halogenated alkanes) is 1. The topological polar surface area (TPSA) is 117 Å². The van der Waals surface area contributed by atoms with Crippen molar-refractivity contribution in [1.29, 1.82) is 0 Å². The predicted molar refractivity (Wildman–Crippen MR) is 158 cm³/mol. The second-order valence-corrected chi connectivity index (χ2v) is 16.2. The number of carbonyl (C=O) groups excluding carboxylic acids is 3. The number of carbonyl (C=O) groups is 3. The molecule has 0 saturated carbocycles. The van der Waals surface area contributed by atoms with Crippen LogP contribution in [-0.2, 0) is 14.0 Å². The number of alkyl carbamates (subject to hydrolysis) is 1. The zero-order valence-electron chi connectivity index (χ0n) is 25.2. The summed E-state index contributed by atoms with van der Waals surface area (Å²) in [7, 11) is 0.662. The van der Waals surface area contributed by atoms with Gasteiger partial charge in [-0.3, -0.25) is 4.79 Å². The minimum atomic E-state index is -2.47. The lowest BCUT2D eigenvalue weighted by Gasteiger charge is -2.48. The summed E-state index contributed by atoms with van der Waals surface area (Å²) in [5.74, 6) is -0.469. The number of hydrogen-bond donors (Lipinski definition) is 3. The van der Waals surface area contributed by atoms with Crippen molar-refractivity contribution >= 4 is 32.3 Å². The molecule has 0 spiro atoms. The Morgan fingerprint density at radius 1 is 1.13 bits per heavy atom. The van der Waals surface area contributed by atoms with E-state index in [1.165, 1.54) is 4.90 Å². The van der Waals surface area contributed by atoms with E-state index in [2.05, 4.69) is 44.5 Å². The molecule has 0 aliphatic carbocycles. The fraction of sp³-hybridized carbons (Fsp3) is 0.621. The van der Waals surface area contributed by atoms with E-state index in [1.807, 2.05) is 37.3 Å². The molecule has 0 saturated heterocycles. The van der Waals surface area contributed by atoms with Crippen LogP contribution < -0.4 is 10.6 Å². The molecule has 0 fully saturated rings. The Kier molecular flexibility index (Phi) is 13.4. The van der Waals surface area contributed by atoms with E-state index in [0.717, 1.165) is 12.0 Å². The molecule has 1 aromatic carbocycles. The second kappa shape index (κ2) is 15.2. The molecule has 1 aromatic rings. The maximum absolute atomic E-state index is 14.0. The second-order valence-electron chi connectivity index (χ2n) is 11.5. The van der Waals surface area contributed by atoms with E-state index in [9.17, 15) is 19.5 Å². The van der Waals surface area contributed by atoms with Crippen molar-refractivity contribution in [3.8, 4) is 0 Å². The van der Waals surface area contributed by atoms with Gasteiger partial charge in [0, 0.05) is 20.5 Å². The Balaban J connectivity index is 3.82.